The fraction of sp³-hybridized carbons (Fsp3) is 0.174. The van der Waals surface area contributed by atoms with Crippen LogP contribution in [0, 0.1) is 0 Å². The molecule has 0 saturated carbocycles. The molecule has 0 aliphatic rings. The van der Waals surface area contributed by atoms with Crippen LogP contribution in [0.2, 0.25) is 5.02 Å². The number of ether oxygens (including phenoxy) is 2. The van der Waals surface area contributed by atoms with Crippen LogP contribution in [0.15, 0.2) is 66.7 Å². The molecule has 0 fully saturated rings. The molecule has 4 nitrogen and oxygen atoms in total. The summed E-state index contributed by atoms with van der Waals surface area (Å²) in [4.78, 5) is 12.7. The Morgan fingerprint density at radius 3 is 2.46 bits per heavy atom. The third-order valence-corrected chi connectivity index (χ3v) is 4.72. The van der Waals surface area contributed by atoms with E-state index in [0.717, 1.165) is 23.2 Å². The second-order valence-corrected chi connectivity index (χ2v) is 6.62. The Labute approximate surface area is 170 Å². The fourth-order valence-corrected chi connectivity index (χ4v) is 3.09. The van der Waals surface area contributed by atoms with Crippen LogP contribution in [0.1, 0.15) is 28.4 Å². The molecule has 3 aromatic carbocycles. The Morgan fingerprint density at radius 1 is 0.964 bits per heavy atom. The van der Waals surface area contributed by atoms with Gasteiger partial charge in [0.1, 0.15) is 18.1 Å². The van der Waals surface area contributed by atoms with Gasteiger partial charge in [0.2, 0.25) is 0 Å². The van der Waals surface area contributed by atoms with Gasteiger partial charge < -0.3 is 14.8 Å². The number of para-hydroxylation sites is 2. The molecule has 1 N–H and O–H groups in total. The highest BCUT2D eigenvalue weighted by atomic mass is 35.5. The summed E-state index contributed by atoms with van der Waals surface area (Å²) in [5.41, 5.74) is 3.20. The summed E-state index contributed by atoms with van der Waals surface area (Å²) in [6, 6.07) is 20.3. The van der Waals surface area contributed by atoms with Gasteiger partial charge in [0.05, 0.1) is 12.1 Å². The molecule has 3 rings (SSSR count). The maximum Gasteiger partial charge on any atom is 0.255 e. The highest BCUT2D eigenvalue weighted by molar-refractivity contribution is 6.32. The largest absolute Gasteiger partial charge is 0.496 e. The zero-order chi connectivity index (χ0) is 19.9. The molecule has 0 heterocycles. The van der Waals surface area contributed by atoms with Crippen LogP contribution >= 0.6 is 11.6 Å². The van der Waals surface area contributed by atoms with Crippen molar-refractivity contribution in [3.05, 3.63) is 88.4 Å². The molecule has 0 unspecified atom stereocenters. The number of hydrogen-bond acceptors (Lipinski definition) is 3. The summed E-state index contributed by atoms with van der Waals surface area (Å²) in [5.74, 6) is 1.05. The van der Waals surface area contributed by atoms with Gasteiger partial charge in [-0.15, -0.1) is 0 Å². The van der Waals surface area contributed by atoms with Crippen molar-refractivity contribution in [1.82, 2.24) is 0 Å². The Hall–Kier alpha value is -2.98. The molecule has 0 bridgehead atoms. The first-order chi connectivity index (χ1) is 13.6. The monoisotopic (exact) mass is 395 g/mol. The second-order valence-electron chi connectivity index (χ2n) is 6.21. The maximum absolute atomic E-state index is 12.7. The molecule has 28 heavy (non-hydrogen) atoms. The summed E-state index contributed by atoms with van der Waals surface area (Å²) in [6.07, 6.45) is 0.843. The number of nitrogens with one attached hydrogen (secondary N) is 1. The van der Waals surface area contributed by atoms with E-state index in [9.17, 15) is 4.79 Å². The van der Waals surface area contributed by atoms with Crippen molar-refractivity contribution >= 4 is 23.2 Å². The van der Waals surface area contributed by atoms with Crippen molar-refractivity contribution in [2.45, 2.75) is 20.0 Å². The predicted octanol–water partition coefficient (Wildman–Crippen LogP) is 5.74. The van der Waals surface area contributed by atoms with E-state index in [0.29, 0.717) is 22.1 Å². The summed E-state index contributed by atoms with van der Waals surface area (Å²) < 4.78 is 11.2. The molecule has 0 radical (unpaired) electrons. The third-order valence-electron chi connectivity index (χ3n) is 4.41. The first kappa shape index (κ1) is 19.8. The highest BCUT2D eigenvalue weighted by Crippen LogP contribution is 2.27. The van der Waals surface area contributed by atoms with E-state index < -0.39 is 0 Å². The third kappa shape index (κ3) is 4.65. The van der Waals surface area contributed by atoms with E-state index in [4.69, 9.17) is 21.1 Å². The number of halogens is 1. The Balaban J connectivity index is 1.80. The molecule has 5 heteroatoms. The quantitative estimate of drug-likeness (QED) is 0.554. The summed E-state index contributed by atoms with van der Waals surface area (Å²) in [6.45, 7) is 2.29. The Kier molecular flexibility index (Phi) is 6.56. The molecule has 0 aliphatic heterocycles. The molecule has 0 spiro atoms. The normalized spacial score (nSPS) is 10.4. The first-order valence-electron chi connectivity index (χ1n) is 9.06. The van der Waals surface area contributed by atoms with Crippen LogP contribution in [-0.4, -0.2) is 13.0 Å². The van der Waals surface area contributed by atoms with E-state index in [2.05, 4.69) is 12.2 Å². The number of methoxy groups -OCH3 is 1. The van der Waals surface area contributed by atoms with Crippen molar-refractivity contribution < 1.29 is 14.3 Å². The molecule has 1 amide bonds. The molecule has 144 valence electrons. The number of aryl methyl sites for hydroxylation is 1. The first-order valence-corrected chi connectivity index (χ1v) is 9.43. The van der Waals surface area contributed by atoms with Crippen LogP contribution in [0.5, 0.6) is 11.5 Å². The number of rotatable bonds is 7. The van der Waals surface area contributed by atoms with Crippen LogP contribution in [0.3, 0.4) is 0 Å². The Morgan fingerprint density at radius 2 is 1.71 bits per heavy atom. The van der Waals surface area contributed by atoms with Gasteiger partial charge in [-0.25, -0.2) is 0 Å². The van der Waals surface area contributed by atoms with E-state index in [1.165, 1.54) is 0 Å². The van der Waals surface area contributed by atoms with Gasteiger partial charge in [-0.2, -0.15) is 0 Å². The lowest BCUT2D eigenvalue weighted by atomic mass is 10.1. The van der Waals surface area contributed by atoms with Crippen molar-refractivity contribution in [3.63, 3.8) is 0 Å². The molecule has 0 aromatic heterocycles. The van der Waals surface area contributed by atoms with Crippen molar-refractivity contribution in [3.8, 4) is 11.5 Å². The smallest absolute Gasteiger partial charge is 0.255 e. The van der Waals surface area contributed by atoms with E-state index >= 15 is 0 Å². The minimum Gasteiger partial charge on any atom is -0.496 e. The average molecular weight is 396 g/mol. The number of benzene rings is 3. The van der Waals surface area contributed by atoms with E-state index in [1.54, 1.807) is 37.4 Å². The van der Waals surface area contributed by atoms with Gasteiger partial charge in [0.15, 0.2) is 0 Å². The van der Waals surface area contributed by atoms with E-state index in [1.807, 2.05) is 36.4 Å². The lowest BCUT2D eigenvalue weighted by Crippen LogP contribution is -2.14. The van der Waals surface area contributed by atoms with Crippen molar-refractivity contribution in [2.24, 2.45) is 0 Å². The minimum absolute atomic E-state index is 0.178. The summed E-state index contributed by atoms with van der Waals surface area (Å²) >= 11 is 6.14. The van der Waals surface area contributed by atoms with Crippen LogP contribution in [0.4, 0.5) is 5.69 Å². The van der Waals surface area contributed by atoms with Crippen LogP contribution < -0.4 is 14.8 Å². The van der Waals surface area contributed by atoms with Crippen LogP contribution in [-0.2, 0) is 13.0 Å². The molecule has 3 aromatic rings. The lowest BCUT2D eigenvalue weighted by molar-refractivity contribution is 0.102. The zero-order valence-corrected chi connectivity index (χ0v) is 16.6. The molecule has 0 saturated heterocycles. The Bertz CT molecular complexity index is 972. The highest BCUT2D eigenvalue weighted by Gasteiger charge is 2.13. The predicted molar refractivity (Wildman–Crippen MR) is 113 cm³/mol. The van der Waals surface area contributed by atoms with Crippen LogP contribution in [0.25, 0.3) is 0 Å². The van der Waals surface area contributed by atoms with Gasteiger partial charge in [0.25, 0.3) is 5.91 Å². The maximum atomic E-state index is 12.7. The number of anilines is 1. The fourth-order valence-electron chi connectivity index (χ4n) is 2.89. The topological polar surface area (TPSA) is 47.6 Å². The molecule has 0 aliphatic carbocycles. The van der Waals surface area contributed by atoms with Gasteiger partial charge in [-0.3, -0.25) is 4.79 Å². The summed E-state index contributed by atoms with van der Waals surface area (Å²) in [7, 11) is 1.59. The zero-order valence-electron chi connectivity index (χ0n) is 15.9. The minimum atomic E-state index is -0.178. The van der Waals surface area contributed by atoms with Gasteiger partial charge in [0, 0.05) is 16.8 Å². The number of hydrogen-bond donors (Lipinski definition) is 1. The molecule has 0 atom stereocenters. The molecular weight excluding hydrogens is 374 g/mol. The van der Waals surface area contributed by atoms with E-state index in [-0.39, 0.29) is 12.5 Å². The SMILES string of the molecule is CCc1ccccc1NC(=O)c1ccc(OC)c(COc2ccccc2Cl)c1. The van der Waals surface area contributed by atoms with Gasteiger partial charge in [-0.1, -0.05) is 48.9 Å². The average Bonchev–Trinajstić information content (AvgIpc) is 2.73. The van der Waals surface area contributed by atoms with Gasteiger partial charge in [-0.05, 0) is 48.4 Å². The standard InChI is InChI=1S/C23H22ClNO3/c1-3-16-8-4-6-10-20(16)25-23(26)17-12-13-21(27-2)18(14-17)15-28-22-11-7-5-9-19(22)24/h4-14H,3,15H2,1-2H3,(H,25,26). The second kappa shape index (κ2) is 9.29. The molecular formula is C23H22ClNO3. The number of amides is 1. The summed E-state index contributed by atoms with van der Waals surface area (Å²) in [5, 5.41) is 3.52. The lowest BCUT2D eigenvalue weighted by Gasteiger charge is -2.14. The van der Waals surface area contributed by atoms with Crippen molar-refractivity contribution in [1.29, 1.82) is 0 Å². The number of carbonyl (C=O) groups excluding carboxylic acids is 1. The number of carbonyl (C=O) groups is 1. The van der Waals surface area contributed by atoms with Gasteiger partial charge >= 0.3 is 0 Å². The van der Waals surface area contributed by atoms with Crippen molar-refractivity contribution in [2.75, 3.05) is 12.4 Å².